The van der Waals surface area contributed by atoms with Crippen molar-refractivity contribution in [2.24, 2.45) is 5.73 Å². The predicted molar refractivity (Wildman–Crippen MR) is 107 cm³/mol. The SMILES string of the molecule is CN(C)S(=O)(=O)c1c(Cl)ccc(NC(N)=O)c1O.[K][c]1ccccc1Br. The van der Waals surface area contributed by atoms with E-state index in [1.54, 1.807) is 0 Å². The summed E-state index contributed by atoms with van der Waals surface area (Å²) in [5, 5.41) is 11.8. The van der Waals surface area contributed by atoms with Crippen molar-refractivity contribution in [3.63, 3.8) is 0 Å². The van der Waals surface area contributed by atoms with Crippen molar-refractivity contribution >= 4 is 97.9 Å². The van der Waals surface area contributed by atoms with E-state index in [0.717, 1.165) is 53.3 Å². The normalized spacial score (nSPS) is 10.9. The predicted octanol–water partition coefficient (Wildman–Crippen LogP) is 2.03. The molecule has 2 amide bonds. The van der Waals surface area contributed by atoms with Crippen LogP contribution in [0.5, 0.6) is 5.75 Å². The number of nitrogens with zero attached hydrogens (tertiary/aromatic N) is 1. The summed E-state index contributed by atoms with van der Waals surface area (Å²) in [6.07, 6.45) is 0. The monoisotopic (exact) mass is 487 g/mol. The quantitative estimate of drug-likeness (QED) is 0.453. The van der Waals surface area contributed by atoms with Gasteiger partial charge in [0, 0.05) is 14.1 Å². The van der Waals surface area contributed by atoms with E-state index in [0.29, 0.717) is 0 Å². The fourth-order valence-corrected chi connectivity index (χ4v) is 4.08. The van der Waals surface area contributed by atoms with Crippen LogP contribution < -0.4 is 10.7 Å². The van der Waals surface area contributed by atoms with Crippen LogP contribution in [-0.4, -0.2) is 86.9 Å². The first kappa shape index (κ1) is 23.9. The summed E-state index contributed by atoms with van der Waals surface area (Å²) < 4.78 is 27.5. The zero-order valence-corrected chi connectivity index (χ0v) is 20.6. The number of amides is 2. The fraction of sp³-hybridized carbons (Fsp3) is 0.133. The van der Waals surface area contributed by atoms with Gasteiger partial charge in [0.1, 0.15) is 4.90 Å². The van der Waals surface area contributed by atoms with E-state index in [-0.39, 0.29) is 10.7 Å². The Labute approximate surface area is 199 Å². The Morgan fingerprint density at radius 2 is 1.85 bits per heavy atom. The van der Waals surface area contributed by atoms with E-state index in [2.05, 4.69) is 39.4 Å². The molecule has 0 atom stereocenters. The summed E-state index contributed by atoms with van der Waals surface area (Å²) in [5.41, 5.74) is 4.76. The van der Waals surface area contributed by atoms with Gasteiger partial charge in [0.15, 0.2) is 5.75 Å². The minimum absolute atomic E-state index is 0.132. The molecule has 2 rings (SSSR count). The van der Waals surface area contributed by atoms with E-state index < -0.39 is 26.7 Å². The van der Waals surface area contributed by atoms with Crippen molar-refractivity contribution in [3.8, 4) is 5.75 Å². The molecule has 7 nitrogen and oxygen atoms in total. The van der Waals surface area contributed by atoms with Crippen molar-refractivity contribution < 1.29 is 18.3 Å². The fourth-order valence-electron chi connectivity index (χ4n) is 1.76. The first-order chi connectivity index (χ1) is 12.0. The summed E-state index contributed by atoms with van der Waals surface area (Å²) in [6.45, 7) is 0. The van der Waals surface area contributed by atoms with Crippen molar-refractivity contribution in [1.82, 2.24) is 4.31 Å². The number of carbonyl (C=O) groups excluding carboxylic acids is 1. The van der Waals surface area contributed by atoms with Crippen LogP contribution in [0.2, 0.25) is 5.02 Å². The van der Waals surface area contributed by atoms with Crippen LogP contribution in [0, 0.1) is 0 Å². The van der Waals surface area contributed by atoms with E-state index in [4.69, 9.17) is 17.3 Å². The number of benzene rings is 2. The summed E-state index contributed by atoms with van der Waals surface area (Å²) in [4.78, 5) is 10.2. The molecule has 0 saturated carbocycles. The van der Waals surface area contributed by atoms with Gasteiger partial charge < -0.3 is 16.2 Å². The molecule has 0 radical (unpaired) electrons. The number of aromatic hydroxyl groups is 1. The Balaban J connectivity index is 0.000000350. The second kappa shape index (κ2) is 10.4. The van der Waals surface area contributed by atoms with Gasteiger partial charge in [0.2, 0.25) is 10.0 Å². The summed E-state index contributed by atoms with van der Waals surface area (Å²) in [6, 6.07) is 9.91. The molecule has 11 heteroatoms. The van der Waals surface area contributed by atoms with Gasteiger partial charge in [-0.1, -0.05) is 11.6 Å². The van der Waals surface area contributed by atoms with Gasteiger partial charge in [-0.25, -0.2) is 17.5 Å². The third-order valence-corrected chi connectivity index (χ3v) is 8.87. The molecule has 0 unspecified atom stereocenters. The molecule has 0 bridgehead atoms. The zero-order chi connectivity index (χ0) is 20.1. The number of phenols is 1. The molecule has 0 spiro atoms. The molecular formula is C15H16BrClKN3O4S. The Hall–Kier alpha value is -0.174. The molecule has 2 aromatic carbocycles. The molecular weight excluding hydrogens is 473 g/mol. The Bertz CT molecular complexity index is 889. The molecule has 26 heavy (non-hydrogen) atoms. The molecule has 0 saturated heterocycles. The number of phenolic OH excluding ortho intramolecular Hbond substituents is 1. The topological polar surface area (TPSA) is 113 Å². The number of sulfonamides is 1. The Kier molecular flexibility index (Phi) is 9.54. The van der Waals surface area contributed by atoms with Crippen LogP contribution in [0.15, 0.2) is 45.8 Å². The number of carbonyl (C=O) groups is 1. The van der Waals surface area contributed by atoms with Crippen LogP contribution in [0.1, 0.15) is 0 Å². The zero-order valence-electron chi connectivity index (χ0n) is 14.3. The molecule has 0 aliphatic heterocycles. The number of primary amides is 1. The maximum atomic E-state index is 11.9. The summed E-state index contributed by atoms with van der Waals surface area (Å²) in [5.74, 6) is -0.657. The second-order valence-corrected chi connectivity index (χ2v) is 10.3. The first-order valence-corrected chi connectivity index (χ1v) is 11.4. The molecule has 0 fully saturated rings. The summed E-state index contributed by atoms with van der Waals surface area (Å²) >= 11 is 10.00. The van der Waals surface area contributed by atoms with Crippen molar-refractivity contribution in [3.05, 3.63) is 45.9 Å². The number of anilines is 1. The molecule has 4 N–H and O–H groups in total. The van der Waals surface area contributed by atoms with Gasteiger partial charge >= 0.3 is 99.3 Å². The van der Waals surface area contributed by atoms with E-state index >= 15 is 0 Å². The average molecular weight is 489 g/mol. The van der Waals surface area contributed by atoms with Crippen molar-refractivity contribution in [2.45, 2.75) is 4.90 Å². The van der Waals surface area contributed by atoms with E-state index in [1.807, 2.05) is 6.07 Å². The number of hydrogen-bond acceptors (Lipinski definition) is 4. The van der Waals surface area contributed by atoms with Crippen molar-refractivity contribution in [2.75, 3.05) is 19.4 Å². The van der Waals surface area contributed by atoms with Crippen LogP contribution in [-0.2, 0) is 10.0 Å². The van der Waals surface area contributed by atoms with Gasteiger partial charge in [0.25, 0.3) is 0 Å². The number of nitrogens with two attached hydrogens (primary N) is 1. The van der Waals surface area contributed by atoms with Gasteiger partial charge in [-0.05, 0) is 12.1 Å². The van der Waals surface area contributed by atoms with Crippen LogP contribution in [0.4, 0.5) is 10.5 Å². The summed E-state index contributed by atoms with van der Waals surface area (Å²) in [7, 11) is -1.36. The van der Waals surface area contributed by atoms with Crippen LogP contribution >= 0.6 is 27.5 Å². The van der Waals surface area contributed by atoms with E-state index in [1.165, 1.54) is 30.4 Å². The number of urea groups is 1. The third-order valence-electron chi connectivity index (χ3n) is 3.16. The van der Waals surface area contributed by atoms with Gasteiger partial charge in [-0.3, -0.25) is 0 Å². The third kappa shape index (κ3) is 6.46. The average Bonchev–Trinajstić information content (AvgIpc) is 2.53. The molecule has 136 valence electrons. The molecule has 0 heterocycles. The van der Waals surface area contributed by atoms with Crippen molar-refractivity contribution in [1.29, 1.82) is 0 Å². The molecule has 2 aromatic rings. The van der Waals surface area contributed by atoms with Crippen LogP contribution in [0.25, 0.3) is 0 Å². The van der Waals surface area contributed by atoms with Gasteiger partial charge in [-0.15, -0.1) is 0 Å². The molecule has 0 aromatic heterocycles. The standard InChI is InChI=1S/C9H12ClN3O4S.C6H4Br.K/c1-13(2)18(16,17)8-5(10)3-4-6(7(8)14)12-9(11)15;7-6-4-2-1-3-5-6;/h3-4,14H,1-2H3,(H3,11,12,15);1-4H;. The number of nitrogens with one attached hydrogen (secondary N) is 1. The van der Waals surface area contributed by atoms with Gasteiger partial charge in [0.05, 0.1) is 10.7 Å². The minimum atomic E-state index is -3.94. The second-order valence-electron chi connectivity index (χ2n) is 5.30. The Morgan fingerprint density at radius 3 is 2.27 bits per heavy atom. The van der Waals surface area contributed by atoms with E-state index in [9.17, 15) is 18.3 Å². The van der Waals surface area contributed by atoms with Gasteiger partial charge in [-0.2, -0.15) is 0 Å². The number of rotatable bonds is 3. The first-order valence-electron chi connectivity index (χ1n) is 7.20. The Morgan fingerprint density at radius 1 is 1.27 bits per heavy atom. The number of halogens is 2. The maximum absolute atomic E-state index is 11.9. The number of hydrogen-bond donors (Lipinski definition) is 3. The molecule has 0 aliphatic carbocycles. The molecule has 0 aliphatic rings. The van der Waals surface area contributed by atoms with Crippen LogP contribution in [0.3, 0.4) is 0 Å².